The van der Waals surface area contributed by atoms with Gasteiger partial charge in [0.05, 0.1) is 5.56 Å². The summed E-state index contributed by atoms with van der Waals surface area (Å²) in [6, 6.07) is 4.30. The summed E-state index contributed by atoms with van der Waals surface area (Å²) >= 11 is 0. The van der Waals surface area contributed by atoms with Crippen molar-refractivity contribution in [2.75, 3.05) is 0 Å². The van der Waals surface area contributed by atoms with Gasteiger partial charge < -0.3 is 15.6 Å². The molecule has 1 aromatic rings. The minimum absolute atomic E-state index is 0.139. The van der Waals surface area contributed by atoms with Crippen LogP contribution in [0, 0.1) is 0 Å². The lowest BCUT2D eigenvalue weighted by molar-refractivity contribution is -0.155. The molecule has 0 aliphatic carbocycles. The van der Waals surface area contributed by atoms with Crippen LogP contribution in [0.3, 0.4) is 0 Å². The number of amides is 1. The van der Waals surface area contributed by atoms with Crippen molar-refractivity contribution >= 4 is 11.9 Å². The number of nitrogens with two attached hydrogens (primary N) is 1. The topological polar surface area (TPSA) is 89.6 Å². The average molecular weight is 305 g/mol. The molecule has 0 aromatic heterocycles. The lowest BCUT2D eigenvalue weighted by Crippen LogP contribution is -2.25. The Morgan fingerprint density at radius 2 is 2.00 bits per heavy atom. The molecule has 1 rings (SSSR count). The van der Waals surface area contributed by atoms with E-state index in [-0.39, 0.29) is 18.4 Å². The van der Waals surface area contributed by atoms with Crippen molar-refractivity contribution in [1.29, 1.82) is 0 Å². The summed E-state index contributed by atoms with van der Waals surface area (Å²) in [5.41, 5.74) is 4.14. The van der Waals surface area contributed by atoms with Gasteiger partial charge in [0.1, 0.15) is 6.61 Å². The van der Waals surface area contributed by atoms with Gasteiger partial charge in [0.25, 0.3) is 0 Å². The fourth-order valence-electron chi connectivity index (χ4n) is 1.48. The molecular weight excluding hydrogens is 291 g/mol. The third kappa shape index (κ3) is 5.82. The molecule has 1 aromatic carbocycles. The second kappa shape index (κ2) is 7.07. The highest BCUT2D eigenvalue weighted by Crippen LogP contribution is 2.29. The van der Waals surface area contributed by atoms with Gasteiger partial charge in [-0.25, -0.2) is 4.79 Å². The summed E-state index contributed by atoms with van der Waals surface area (Å²) in [4.78, 5) is 21.9. The normalized spacial score (nSPS) is 12.8. The third-order valence-electron chi connectivity index (χ3n) is 2.57. The molecule has 0 spiro atoms. The number of aliphatic hydroxyl groups is 1. The number of halogens is 3. The highest BCUT2D eigenvalue weighted by Gasteiger charge is 2.30. The number of hydrogen-bond donors (Lipinski definition) is 2. The van der Waals surface area contributed by atoms with E-state index in [4.69, 9.17) is 5.73 Å². The fraction of sp³-hybridized carbons (Fsp3) is 0.385. The number of alkyl halides is 3. The molecule has 0 fully saturated rings. The predicted molar refractivity (Wildman–Crippen MR) is 65.7 cm³/mol. The van der Waals surface area contributed by atoms with Crippen molar-refractivity contribution in [3.63, 3.8) is 0 Å². The van der Waals surface area contributed by atoms with E-state index in [1.165, 1.54) is 12.1 Å². The Morgan fingerprint density at radius 1 is 1.33 bits per heavy atom. The molecule has 116 valence electrons. The minimum atomic E-state index is -4.49. The number of esters is 1. The number of ether oxygens (including phenoxy) is 1. The van der Waals surface area contributed by atoms with Crippen LogP contribution in [0.4, 0.5) is 13.2 Å². The van der Waals surface area contributed by atoms with Crippen LogP contribution in [0.1, 0.15) is 24.0 Å². The molecule has 1 unspecified atom stereocenters. The van der Waals surface area contributed by atoms with Gasteiger partial charge in [0.2, 0.25) is 5.91 Å². The van der Waals surface area contributed by atoms with Crippen molar-refractivity contribution in [2.24, 2.45) is 5.73 Å². The molecule has 8 heteroatoms. The summed E-state index contributed by atoms with van der Waals surface area (Å²) in [6.07, 6.45) is -6.42. The van der Waals surface area contributed by atoms with Gasteiger partial charge in [-0.05, 0) is 24.1 Å². The van der Waals surface area contributed by atoms with Crippen LogP contribution in [-0.2, 0) is 27.1 Å². The highest BCUT2D eigenvalue weighted by atomic mass is 19.4. The van der Waals surface area contributed by atoms with Gasteiger partial charge in [-0.2, -0.15) is 13.2 Å². The second-order valence-corrected chi connectivity index (χ2v) is 4.33. The molecule has 0 bridgehead atoms. The maximum Gasteiger partial charge on any atom is 0.416 e. The first-order valence-corrected chi connectivity index (χ1v) is 5.99. The zero-order valence-electron chi connectivity index (χ0n) is 10.9. The number of hydrogen-bond acceptors (Lipinski definition) is 4. The molecule has 0 heterocycles. The molecule has 0 saturated heterocycles. The molecular formula is C13H14F3NO4. The van der Waals surface area contributed by atoms with Crippen LogP contribution in [0.15, 0.2) is 24.3 Å². The number of benzene rings is 1. The van der Waals surface area contributed by atoms with Gasteiger partial charge in [0.15, 0.2) is 6.10 Å². The van der Waals surface area contributed by atoms with Gasteiger partial charge in [0, 0.05) is 6.42 Å². The SMILES string of the molecule is NC(=O)CCC(O)C(=O)OCc1cccc(C(F)(F)F)c1. The summed E-state index contributed by atoms with van der Waals surface area (Å²) < 4.78 is 42.1. The van der Waals surface area contributed by atoms with Crippen LogP contribution in [0.25, 0.3) is 0 Å². The average Bonchev–Trinajstić information content (AvgIpc) is 2.41. The molecule has 0 radical (unpaired) electrons. The number of primary amides is 1. The Balaban J connectivity index is 2.55. The first-order chi connectivity index (χ1) is 9.70. The summed E-state index contributed by atoms with van der Waals surface area (Å²) in [5, 5.41) is 9.37. The van der Waals surface area contributed by atoms with Crippen molar-refractivity contribution in [2.45, 2.75) is 31.7 Å². The van der Waals surface area contributed by atoms with Crippen molar-refractivity contribution in [3.8, 4) is 0 Å². The van der Waals surface area contributed by atoms with Gasteiger partial charge in [-0.15, -0.1) is 0 Å². The zero-order chi connectivity index (χ0) is 16.0. The smallest absolute Gasteiger partial charge is 0.416 e. The number of carbonyl (C=O) groups is 2. The molecule has 0 aliphatic rings. The molecule has 0 aliphatic heterocycles. The highest BCUT2D eigenvalue weighted by molar-refractivity contribution is 5.77. The van der Waals surface area contributed by atoms with Gasteiger partial charge in [-0.1, -0.05) is 12.1 Å². The van der Waals surface area contributed by atoms with Crippen molar-refractivity contribution < 1.29 is 32.6 Å². The minimum Gasteiger partial charge on any atom is -0.459 e. The number of rotatable bonds is 6. The first kappa shape index (κ1) is 17.0. The van der Waals surface area contributed by atoms with E-state index in [0.717, 1.165) is 12.1 Å². The van der Waals surface area contributed by atoms with E-state index in [1.54, 1.807) is 0 Å². The summed E-state index contributed by atoms with van der Waals surface area (Å²) in [7, 11) is 0. The van der Waals surface area contributed by atoms with Crippen molar-refractivity contribution in [1.82, 2.24) is 0 Å². The predicted octanol–water partition coefficient (Wildman–Crippen LogP) is 1.37. The number of aliphatic hydroxyl groups excluding tert-OH is 1. The Morgan fingerprint density at radius 3 is 2.57 bits per heavy atom. The Hall–Kier alpha value is -2.09. The Bertz CT molecular complexity index is 516. The third-order valence-corrected chi connectivity index (χ3v) is 2.57. The van der Waals surface area contributed by atoms with Crippen molar-refractivity contribution in [3.05, 3.63) is 35.4 Å². The maximum atomic E-state index is 12.5. The van der Waals surface area contributed by atoms with E-state index in [1.807, 2.05) is 0 Å². The second-order valence-electron chi connectivity index (χ2n) is 4.33. The van der Waals surface area contributed by atoms with Crippen LogP contribution in [-0.4, -0.2) is 23.1 Å². The molecule has 21 heavy (non-hydrogen) atoms. The first-order valence-electron chi connectivity index (χ1n) is 5.99. The van der Waals surface area contributed by atoms with Gasteiger partial charge >= 0.3 is 12.1 Å². The van der Waals surface area contributed by atoms with Crippen LogP contribution >= 0.6 is 0 Å². The van der Waals surface area contributed by atoms with Gasteiger partial charge in [-0.3, -0.25) is 4.79 Å². The quantitative estimate of drug-likeness (QED) is 0.777. The molecule has 1 amide bonds. The molecule has 0 saturated carbocycles. The van der Waals surface area contributed by atoms with E-state index >= 15 is 0 Å². The fourth-order valence-corrected chi connectivity index (χ4v) is 1.48. The van der Waals surface area contributed by atoms with Crippen LogP contribution in [0.2, 0.25) is 0 Å². The zero-order valence-corrected chi connectivity index (χ0v) is 10.9. The molecule has 3 N–H and O–H groups in total. The molecule has 1 atom stereocenters. The largest absolute Gasteiger partial charge is 0.459 e. The standard InChI is InChI=1S/C13H14F3NO4/c14-13(15,16)9-3-1-2-8(6-9)7-21-12(20)10(18)4-5-11(17)19/h1-3,6,10,18H,4-5,7H2,(H2,17,19). The lowest BCUT2D eigenvalue weighted by Gasteiger charge is -2.11. The van der Waals surface area contributed by atoms with E-state index in [2.05, 4.69) is 4.74 Å². The summed E-state index contributed by atoms with van der Waals surface area (Å²) in [5.74, 6) is -1.70. The van der Waals surface area contributed by atoms with E-state index < -0.39 is 36.3 Å². The Labute approximate surface area is 118 Å². The molecule has 5 nitrogen and oxygen atoms in total. The number of carbonyl (C=O) groups excluding carboxylic acids is 2. The van der Waals surface area contributed by atoms with E-state index in [9.17, 15) is 27.9 Å². The van der Waals surface area contributed by atoms with E-state index in [0.29, 0.717) is 0 Å². The monoisotopic (exact) mass is 305 g/mol. The lowest BCUT2D eigenvalue weighted by atomic mass is 10.1. The Kier molecular flexibility index (Phi) is 5.71. The van der Waals surface area contributed by atoms with Crippen LogP contribution in [0.5, 0.6) is 0 Å². The summed E-state index contributed by atoms with van der Waals surface area (Å²) in [6.45, 7) is -0.406. The van der Waals surface area contributed by atoms with Crippen LogP contribution < -0.4 is 5.73 Å². The maximum absolute atomic E-state index is 12.5.